The maximum absolute atomic E-state index is 13.7. The second-order valence-corrected chi connectivity index (χ2v) is 9.00. The van der Waals surface area contributed by atoms with Crippen molar-refractivity contribution in [1.82, 2.24) is 9.29 Å². The molecule has 0 radical (unpaired) electrons. The number of pyridine rings is 1. The lowest BCUT2D eigenvalue weighted by atomic mass is 9.91. The van der Waals surface area contributed by atoms with Gasteiger partial charge >= 0.3 is 0 Å². The van der Waals surface area contributed by atoms with Crippen LogP contribution in [0, 0.1) is 5.82 Å². The quantitative estimate of drug-likeness (QED) is 0.533. The Hall–Kier alpha value is -2.52. The molecule has 32 heavy (non-hydrogen) atoms. The minimum absolute atomic E-state index is 0.165. The van der Waals surface area contributed by atoms with E-state index in [1.807, 2.05) is 6.07 Å². The first-order valence-corrected chi connectivity index (χ1v) is 11.6. The number of halogens is 3. The van der Waals surface area contributed by atoms with Gasteiger partial charge in [0.15, 0.2) is 0 Å². The molecule has 2 heterocycles. The van der Waals surface area contributed by atoms with E-state index in [2.05, 4.69) is 4.72 Å². The van der Waals surface area contributed by atoms with Gasteiger partial charge in [0.1, 0.15) is 5.82 Å². The van der Waals surface area contributed by atoms with Gasteiger partial charge in [0.25, 0.3) is 5.56 Å². The molecule has 3 aromatic rings. The summed E-state index contributed by atoms with van der Waals surface area (Å²) >= 11 is 12.9. The highest BCUT2D eigenvalue weighted by molar-refractivity contribution is 7.70. The topological polar surface area (TPSA) is 80.5 Å². The molecule has 0 amide bonds. The van der Waals surface area contributed by atoms with Gasteiger partial charge < -0.3 is 4.57 Å². The van der Waals surface area contributed by atoms with Crippen molar-refractivity contribution in [3.63, 3.8) is 0 Å². The van der Waals surface area contributed by atoms with E-state index < -0.39 is 16.7 Å². The second kappa shape index (κ2) is 9.15. The number of rotatable bonds is 5. The van der Waals surface area contributed by atoms with Gasteiger partial charge in [-0.05, 0) is 53.4 Å². The summed E-state index contributed by atoms with van der Waals surface area (Å²) in [4.78, 5) is 17.0. The molecule has 2 aromatic carbocycles. The standard InChI is InChI=1S/C22H18Cl2FN3O3S/c1-28-11-18-13(7-21(28)29)10-26-22(15-3-2-14(25)8-20(15)24)17-9-19(23)12(6-16(17)18)4-5-27-32(30)31/h2-3,6-9,11,32H,4-5,10H2,1H3,(H,27,30,31). The van der Waals surface area contributed by atoms with Crippen LogP contribution in [-0.2, 0) is 30.9 Å². The largest absolute Gasteiger partial charge is 0.318 e. The van der Waals surface area contributed by atoms with Crippen LogP contribution in [0.25, 0.3) is 11.1 Å². The van der Waals surface area contributed by atoms with E-state index in [9.17, 15) is 17.6 Å². The molecule has 10 heteroatoms. The molecule has 0 bridgehead atoms. The van der Waals surface area contributed by atoms with E-state index in [1.54, 1.807) is 25.4 Å². The van der Waals surface area contributed by atoms with Gasteiger partial charge in [-0.2, -0.15) is 0 Å². The molecule has 0 aliphatic carbocycles. The lowest BCUT2D eigenvalue weighted by Gasteiger charge is -2.16. The zero-order chi connectivity index (χ0) is 23.0. The predicted molar refractivity (Wildman–Crippen MR) is 125 cm³/mol. The van der Waals surface area contributed by atoms with Crippen LogP contribution < -0.4 is 10.3 Å². The van der Waals surface area contributed by atoms with Crippen LogP contribution in [-0.4, -0.2) is 25.2 Å². The molecule has 1 aromatic heterocycles. The fourth-order valence-corrected chi connectivity index (χ4v) is 4.52. The molecule has 6 nitrogen and oxygen atoms in total. The first-order chi connectivity index (χ1) is 15.2. The van der Waals surface area contributed by atoms with Gasteiger partial charge in [0, 0.05) is 47.6 Å². The van der Waals surface area contributed by atoms with Crippen molar-refractivity contribution in [3.8, 4) is 11.1 Å². The molecule has 166 valence electrons. The first-order valence-electron chi connectivity index (χ1n) is 9.65. The number of hydrogen-bond donors (Lipinski definition) is 2. The van der Waals surface area contributed by atoms with Crippen LogP contribution in [0.3, 0.4) is 0 Å². The van der Waals surface area contributed by atoms with E-state index in [0.29, 0.717) is 28.3 Å². The summed E-state index contributed by atoms with van der Waals surface area (Å²) in [6, 6.07) is 9.25. The minimum atomic E-state index is -2.71. The highest BCUT2D eigenvalue weighted by Crippen LogP contribution is 2.36. The monoisotopic (exact) mass is 493 g/mol. The lowest BCUT2D eigenvalue weighted by Crippen LogP contribution is -2.17. The second-order valence-electron chi connectivity index (χ2n) is 7.35. The molecule has 0 saturated carbocycles. The van der Waals surface area contributed by atoms with E-state index in [1.165, 1.54) is 22.8 Å². The Morgan fingerprint density at radius 1 is 1.06 bits per heavy atom. The molecule has 0 fully saturated rings. The van der Waals surface area contributed by atoms with Crippen molar-refractivity contribution < 1.29 is 12.8 Å². The van der Waals surface area contributed by atoms with Crippen LogP contribution in [0.2, 0.25) is 10.0 Å². The molecular weight excluding hydrogens is 476 g/mol. The van der Waals surface area contributed by atoms with Crippen molar-refractivity contribution in [3.05, 3.63) is 91.1 Å². The van der Waals surface area contributed by atoms with Crippen molar-refractivity contribution in [2.24, 2.45) is 12.0 Å². The fraction of sp³-hybridized carbons (Fsp3) is 0.182. The third-order valence-corrected chi connectivity index (χ3v) is 6.42. The third kappa shape index (κ3) is 4.49. The maximum atomic E-state index is 13.7. The summed E-state index contributed by atoms with van der Waals surface area (Å²) in [5.74, 6) is -0.461. The molecule has 1 aliphatic heterocycles. The zero-order valence-electron chi connectivity index (χ0n) is 16.9. The number of benzene rings is 2. The van der Waals surface area contributed by atoms with Crippen LogP contribution >= 0.6 is 23.2 Å². The highest BCUT2D eigenvalue weighted by Gasteiger charge is 2.23. The minimum Gasteiger partial charge on any atom is -0.318 e. The van der Waals surface area contributed by atoms with E-state index in [4.69, 9.17) is 28.2 Å². The third-order valence-electron chi connectivity index (χ3n) is 5.27. The van der Waals surface area contributed by atoms with Gasteiger partial charge in [-0.15, -0.1) is 0 Å². The lowest BCUT2D eigenvalue weighted by molar-refractivity contribution is 0.602. The maximum Gasteiger partial charge on any atom is 0.250 e. The number of nitrogens with zero attached hydrogens (tertiary/aromatic N) is 2. The molecule has 4 rings (SSSR count). The van der Waals surface area contributed by atoms with Crippen LogP contribution in [0.5, 0.6) is 0 Å². The average molecular weight is 494 g/mol. The summed E-state index contributed by atoms with van der Waals surface area (Å²) in [6.45, 7) is 0.427. The van der Waals surface area contributed by atoms with Crippen LogP contribution in [0.15, 0.2) is 52.4 Å². The fourth-order valence-electron chi connectivity index (χ4n) is 3.71. The number of aliphatic imine (C=N–C) groups is 1. The smallest absolute Gasteiger partial charge is 0.250 e. The Kier molecular flexibility index (Phi) is 6.48. The van der Waals surface area contributed by atoms with Gasteiger partial charge in [0.05, 0.1) is 17.3 Å². The SMILES string of the molecule is Cn1cc2c(cc1=O)CN=C(c1ccc(F)cc1Cl)c1cc(Cl)c(CCN[SH](=O)=O)cc1-2. The summed E-state index contributed by atoms with van der Waals surface area (Å²) in [5, 5.41) is 0.644. The van der Waals surface area contributed by atoms with E-state index >= 15 is 0 Å². The van der Waals surface area contributed by atoms with Crippen LogP contribution in [0.4, 0.5) is 4.39 Å². The molecular formula is C22H18Cl2FN3O3S. The molecule has 0 atom stereocenters. The Balaban J connectivity index is 1.94. The van der Waals surface area contributed by atoms with E-state index in [-0.39, 0.29) is 23.7 Å². The number of hydrogen-bond acceptors (Lipinski definition) is 4. The Morgan fingerprint density at radius 3 is 2.56 bits per heavy atom. The number of aryl methyl sites for hydroxylation is 1. The number of nitrogens with one attached hydrogen (secondary N) is 1. The molecule has 1 aliphatic rings. The predicted octanol–water partition coefficient (Wildman–Crippen LogP) is 3.51. The number of fused-ring (bicyclic) bond motifs is 3. The van der Waals surface area contributed by atoms with Crippen molar-refractivity contribution in [1.29, 1.82) is 0 Å². The van der Waals surface area contributed by atoms with Crippen molar-refractivity contribution >= 4 is 39.8 Å². The summed E-state index contributed by atoms with van der Waals surface area (Å²) < 4.78 is 39.2. The van der Waals surface area contributed by atoms with Gasteiger partial charge in [-0.25, -0.2) is 17.5 Å². The first kappa shape index (κ1) is 22.7. The molecule has 0 saturated heterocycles. The Morgan fingerprint density at radius 2 is 1.84 bits per heavy atom. The Bertz CT molecular complexity index is 1390. The Labute approximate surface area is 195 Å². The van der Waals surface area contributed by atoms with Gasteiger partial charge in [-0.3, -0.25) is 9.79 Å². The summed E-state index contributed by atoms with van der Waals surface area (Å²) in [5.41, 5.74) is 4.65. The van der Waals surface area contributed by atoms with E-state index in [0.717, 1.165) is 22.3 Å². The molecule has 0 spiro atoms. The number of thiol groups is 1. The van der Waals surface area contributed by atoms with Crippen LogP contribution in [0.1, 0.15) is 22.3 Å². The highest BCUT2D eigenvalue weighted by atomic mass is 35.5. The van der Waals surface area contributed by atoms with Crippen molar-refractivity contribution in [2.45, 2.75) is 13.0 Å². The van der Waals surface area contributed by atoms with Gasteiger partial charge in [-0.1, -0.05) is 23.2 Å². The summed E-state index contributed by atoms with van der Waals surface area (Å²) in [7, 11) is -1.05. The van der Waals surface area contributed by atoms with Crippen molar-refractivity contribution in [2.75, 3.05) is 6.54 Å². The molecule has 1 N–H and O–H groups in total. The average Bonchev–Trinajstić information content (AvgIpc) is 2.86. The molecule has 0 unspecified atom stereocenters. The summed E-state index contributed by atoms with van der Waals surface area (Å²) in [6.07, 6.45) is 2.12. The number of aromatic nitrogens is 1. The zero-order valence-corrected chi connectivity index (χ0v) is 19.3. The normalized spacial score (nSPS) is 12.8. The van der Waals surface area contributed by atoms with Gasteiger partial charge in [0.2, 0.25) is 10.9 Å².